The van der Waals surface area contributed by atoms with E-state index >= 15 is 0 Å². The van der Waals surface area contributed by atoms with Crippen molar-refractivity contribution in [1.29, 1.82) is 0 Å². The minimum absolute atomic E-state index is 0.172. The summed E-state index contributed by atoms with van der Waals surface area (Å²) in [5, 5.41) is 10.0. The molecule has 3 aliphatic rings. The van der Waals surface area contributed by atoms with Crippen LogP contribution in [-0.2, 0) is 0 Å². The van der Waals surface area contributed by atoms with E-state index < -0.39 is 0 Å². The second kappa shape index (κ2) is 9.33. The Kier molecular flexibility index (Phi) is 7.29. The predicted molar refractivity (Wildman–Crippen MR) is 121 cm³/mol. The second-order valence-electron chi connectivity index (χ2n) is 10.8. The molecule has 0 aliphatic heterocycles. The van der Waals surface area contributed by atoms with E-state index in [-0.39, 0.29) is 6.10 Å². The van der Waals surface area contributed by atoms with Gasteiger partial charge in [-0.2, -0.15) is 0 Å². The Bertz CT molecular complexity index is 610. The van der Waals surface area contributed by atoms with Gasteiger partial charge in [-0.05, 0) is 86.0 Å². The molecule has 1 nitrogen and oxygen atoms in total. The van der Waals surface area contributed by atoms with Gasteiger partial charge in [0.05, 0.1) is 6.10 Å². The van der Waals surface area contributed by atoms with Crippen LogP contribution in [0.25, 0.3) is 0 Å². The van der Waals surface area contributed by atoms with E-state index in [0.29, 0.717) is 5.41 Å². The summed E-state index contributed by atoms with van der Waals surface area (Å²) >= 11 is 0. The van der Waals surface area contributed by atoms with Gasteiger partial charge in [0.1, 0.15) is 0 Å². The average Bonchev–Trinajstić information content (AvgIpc) is 2.99. The largest absolute Gasteiger partial charge is 0.393 e. The zero-order chi connectivity index (χ0) is 20.3. The number of allylic oxidation sites excluding steroid dienone is 4. The first-order valence-corrected chi connectivity index (χ1v) is 12.1. The molecular weight excluding hydrogens is 340 g/mol. The van der Waals surface area contributed by atoms with E-state index in [1.165, 1.54) is 62.5 Å². The van der Waals surface area contributed by atoms with Crippen molar-refractivity contribution in [2.45, 2.75) is 104 Å². The van der Waals surface area contributed by atoms with Crippen LogP contribution in [0.5, 0.6) is 0 Å². The third-order valence-corrected chi connectivity index (χ3v) is 8.35. The molecular formula is C27H44O. The first-order valence-electron chi connectivity index (χ1n) is 12.1. The standard InChI is InChI=1S/C27H44O/c1-19(2)8-6-9-21(4)25-15-16-26-22(10-7-17-27(25,26)5)12-13-23-18-24(28)14-11-20(23)3/h12-13,19,21,24-26,28H,3,6-11,14-18H2,1-2,4-5H3/b22-12+,23-13-/t21-,24+,25+,26+,27-/m1/s1. The Morgan fingerprint density at radius 2 is 1.89 bits per heavy atom. The molecule has 0 heterocycles. The summed E-state index contributed by atoms with van der Waals surface area (Å²) in [6, 6.07) is 0. The number of aliphatic hydroxyl groups excluding tert-OH is 1. The number of hydrogen-bond acceptors (Lipinski definition) is 1. The first kappa shape index (κ1) is 21.9. The molecule has 3 fully saturated rings. The molecule has 3 saturated carbocycles. The van der Waals surface area contributed by atoms with Gasteiger partial charge in [-0.15, -0.1) is 0 Å². The normalized spacial score (nSPS) is 37.6. The molecule has 5 atom stereocenters. The highest BCUT2D eigenvalue weighted by atomic mass is 16.3. The lowest BCUT2D eigenvalue weighted by Crippen LogP contribution is -2.36. The van der Waals surface area contributed by atoms with E-state index in [1.54, 1.807) is 5.57 Å². The van der Waals surface area contributed by atoms with Crippen molar-refractivity contribution < 1.29 is 5.11 Å². The fourth-order valence-electron chi connectivity index (χ4n) is 6.66. The lowest BCUT2D eigenvalue weighted by atomic mass is 9.60. The maximum Gasteiger partial charge on any atom is 0.0583 e. The Labute approximate surface area is 174 Å². The van der Waals surface area contributed by atoms with Crippen LogP contribution in [0.15, 0.2) is 35.5 Å². The van der Waals surface area contributed by atoms with Crippen LogP contribution in [0.4, 0.5) is 0 Å². The van der Waals surface area contributed by atoms with E-state index in [1.807, 2.05) is 0 Å². The molecule has 0 amide bonds. The van der Waals surface area contributed by atoms with Gasteiger partial charge in [0, 0.05) is 0 Å². The second-order valence-corrected chi connectivity index (χ2v) is 10.8. The third kappa shape index (κ3) is 4.84. The van der Waals surface area contributed by atoms with Gasteiger partial charge in [0.2, 0.25) is 0 Å². The minimum atomic E-state index is -0.172. The number of fused-ring (bicyclic) bond motifs is 1. The van der Waals surface area contributed by atoms with Gasteiger partial charge in [-0.1, -0.05) is 76.8 Å². The van der Waals surface area contributed by atoms with Crippen LogP contribution in [0.3, 0.4) is 0 Å². The quantitative estimate of drug-likeness (QED) is 0.499. The minimum Gasteiger partial charge on any atom is -0.393 e. The van der Waals surface area contributed by atoms with Gasteiger partial charge >= 0.3 is 0 Å². The fraction of sp³-hybridized carbons (Fsp3) is 0.778. The van der Waals surface area contributed by atoms with Gasteiger partial charge in [0.25, 0.3) is 0 Å². The van der Waals surface area contributed by atoms with E-state index in [4.69, 9.17) is 0 Å². The zero-order valence-electron chi connectivity index (χ0n) is 19.0. The molecule has 1 heteroatoms. The van der Waals surface area contributed by atoms with Crippen molar-refractivity contribution in [2.24, 2.45) is 29.1 Å². The van der Waals surface area contributed by atoms with E-state index in [2.05, 4.69) is 46.4 Å². The van der Waals surface area contributed by atoms with Crippen LogP contribution >= 0.6 is 0 Å². The lowest BCUT2D eigenvalue weighted by Gasteiger charge is -2.44. The molecule has 3 aliphatic carbocycles. The molecule has 0 unspecified atom stereocenters. The molecule has 0 aromatic rings. The summed E-state index contributed by atoms with van der Waals surface area (Å²) in [6.45, 7) is 14.1. The third-order valence-electron chi connectivity index (χ3n) is 8.35. The molecule has 0 aromatic carbocycles. The molecule has 0 spiro atoms. The molecule has 3 rings (SSSR count). The molecule has 0 bridgehead atoms. The van der Waals surface area contributed by atoms with Crippen molar-refractivity contribution in [1.82, 2.24) is 0 Å². The van der Waals surface area contributed by atoms with Gasteiger partial charge in [-0.25, -0.2) is 0 Å². The predicted octanol–water partition coefficient (Wildman–Crippen LogP) is 7.62. The summed E-state index contributed by atoms with van der Waals surface area (Å²) in [5.74, 6) is 3.37. The molecule has 28 heavy (non-hydrogen) atoms. The highest BCUT2D eigenvalue weighted by Gasteiger charge is 2.50. The SMILES string of the molecule is C=C1CC[C@H](O)C/C1=C/C=C1\CCC[C@@]2(C)[C@H]1CC[C@H]2[C@H](C)CCCC(C)C. The molecule has 0 saturated heterocycles. The van der Waals surface area contributed by atoms with E-state index in [9.17, 15) is 5.11 Å². The summed E-state index contributed by atoms with van der Waals surface area (Å²) in [7, 11) is 0. The highest BCUT2D eigenvalue weighted by Crippen LogP contribution is 2.59. The summed E-state index contributed by atoms with van der Waals surface area (Å²) < 4.78 is 0. The maximum atomic E-state index is 10.0. The molecule has 1 N–H and O–H groups in total. The fourth-order valence-corrected chi connectivity index (χ4v) is 6.66. The lowest BCUT2D eigenvalue weighted by molar-refractivity contribution is 0.0929. The van der Waals surface area contributed by atoms with E-state index in [0.717, 1.165) is 42.9 Å². The molecule has 0 aromatic heterocycles. The number of hydrogen-bond donors (Lipinski definition) is 1. The summed E-state index contributed by atoms with van der Waals surface area (Å²) in [4.78, 5) is 0. The molecule has 0 radical (unpaired) electrons. The van der Waals surface area contributed by atoms with Crippen LogP contribution < -0.4 is 0 Å². The average molecular weight is 385 g/mol. The van der Waals surface area contributed by atoms with Crippen LogP contribution in [-0.4, -0.2) is 11.2 Å². The number of aliphatic hydroxyl groups is 1. The van der Waals surface area contributed by atoms with Crippen molar-refractivity contribution in [3.63, 3.8) is 0 Å². The van der Waals surface area contributed by atoms with Gasteiger partial charge in [0.15, 0.2) is 0 Å². The van der Waals surface area contributed by atoms with Crippen molar-refractivity contribution in [2.75, 3.05) is 0 Å². The van der Waals surface area contributed by atoms with Gasteiger partial charge in [-0.3, -0.25) is 0 Å². The van der Waals surface area contributed by atoms with Crippen LogP contribution in [0.2, 0.25) is 0 Å². The summed E-state index contributed by atoms with van der Waals surface area (Å²) in [5.41, 5.74) is 4.72. The summed E-state index contributed by atoms with van der Waals surface area (Å²) in [6.07, 6.45) is 18.2. The highest BCUT2D eigenvalue weighted by molar-refractivity contribution is 5.36. The first-order chi connectivity index (χ1) is 13.3. The molecule has 158 valence electrons. The monoisotopic (exact) mass is 384 g/mol. The van der Waals surface area contributed by atoms with Crippen LogP contribution in [0.1, 0.15) is 98.3 Å². The maximum absolute atomic E-state index is 10.0. The Morgan fingerprint density at radius 3 is 2.64 bits per heavy atom. The van der Waals surface area contributed by atoms with Gasteiger partial charge < -0.3 is 5.11 Å². The topological polar surface area (TPSA) is 20.2 Å². The smallest absolute Gasteiger partial charge is 0.0583 e. The van der Waals surface area contributed by atoms with Crippen LogP contribution in [0, 0.1) is 29.1 Å². The van der Waals surface area contributed by atoms with Crippen molar-refractivity contribution in [3.8, 4) is 0 Å². The Hall–Kier alpha value is -0.820. The van der Waals surface area contributed by atoms with Crippen molar-refractivity contribution >= 4 is 0 Å². The Morgan fingerprint density at radius 1 is 1.11 bits per heavy atom. The van der Waals surface area contributed by atoms with Crippen molar-refractivity contribution in [3.05, 3.63) is 35.5 Å². The zero-order valence-corrected chi connectivity index (χ0v) is 19.0. The number of rotatable bonds is 6. The Balaban J connectivity index is 1.70.